The maximum Gasteiger partial charge on any atom is 0.274 e. The van der Waals surface area contributed by atoms with Gasteiger partial charge in [-0.3, -0.25) is 4.79 Å². The minimum absolute atomic E-state index is 0.184. The molecule has 0 bridgehead atoms. The summed E-state index contributed by atoms with van der Waals surface area (Å²) in [6.07, 6.45) is 4.88. The molecule has 166 valence electrons. The maximum atomic E-state index is 13.0. The van der Waals surface area contributed by atoms with E-state index in [4.69, 9.17) is 16.6 Å². The van der Waals surface area contributed by atoms with E-state index in [1.165, 1.54) is 25.9 Å². The van der Waals surface area contributed by atoms with Gasteiger partial charge in [0, 0.05) is 35.3 Å². The molecule has 2 saturated heterocycles. The lowest BCUT2D eigenvalue weighted by atomic mass is 9.91. The molecule has 0 aliphatic carbocycles. The number of aromatic nitrogens is 2. The van der Waals surface area contributed by atoms with E-state index < -0.39 is 0 Å². The Kier molecular flexibility index (Phi) is 6.49. The van der Waals surface area contributed by atoms with Crippen molar-refractivity contribution >= 4 is 29.1 Å². The van der Waals surface area contributed by atoms with Crippen LogP contribution in [0.4, 0.5) is 11.6 Å². The van der Waals surface area contributed by atoms with Crippen molar-refractivity contribution in [2.75, 3.05) is 36.4 Å². The van der Waals surface area contributed by atoms with E-state index in [9.17, 15) is 4.79 Å². The second-order valence-electron chi connectivity index (χ2n) is 9.61. The van der Waals surface area contributed by atoms with Crippen molar-refractivity contribution in [2.24, 2.45) is 0 Å². The fourth-order valence-corrected chi connectivity index (χ4v) is 4.57. The summed E-state index contributed by atoms with van der Waals surface area (Å²) in [7, 11) is 0. The van der Waals surface area contributed by atoms with Crippen LogP contribution >= 0.6 is 11.6 Å². The Bertz CT molecular complexity index is 928. The van der Waals surface area contributed by atoms with Gasteiger partial charge < -0.3 is 15.1 Å². The third kappa shape index (κ3) is 5.36. The topological polar surface area (TPSA) is 61.4 Å². The first-order valence-electron chi connectivity index (χ1n) is 11.2. The van der Waals surface area contributed by atoms with Gasteiger partial charge in [-0.05, 0) is 63.0 Å². The molecule has 0 atom stereocenters. The fraction of sp³-hybridized carbons (Fsp3) is 0.542. The molecule has 1 amide bonds. The standard InChI is InChI=1S/C24H32ClN5O/c1-24(2,3)21-16-20(22(31)26-18-8-6-7-17(25)15-18)27-23(28-21)30-13-9-19(10-14-30)29-11-4-5-12-29/h6-8,15-16,19H,4-5,9-14H2,1-3H3,(H,26,31). The van der Waals surface area contributed by atoms with E-state index >= 15 is 0 Å². The molecule has 0 unspecified atom stereocenters. The van der Waals surface area contributed by atoms with Crippen LogP contribution in [0.5, 0.6) is 0 Å². The third-order valence-electron chi connectivity index (χ3n) is 6.20. The molecular weight excluding hydrogens is 410 g/mol. The largest absolute Gasteiger partial charge is 0.341 e. The lowest BCUT2D eigenvalue weighted by Gasteiger charge is -2.37. The van der Waals surface area contributed by atoms with Crippen molar-refractivity contribution in [3.05, 3.63) is 46.7 Å². The van der Waals surface area contributed by atoms with Crippen molar-refractivity contribution in [1.29, 1.82) is 0 Å². The number of carbonyl (C=O) groups excluding carboxylic acids is 1. The Balaban J connectivity index is 1.54. The molecule has 1 aromatic heterocycles. The molecule has 1 N–H and O–H groups in total. The van der Waals surface area contributed by atoms with E-state index in [1.807, 2.05) is 12.1 Å². The molecule has 2 aliphatic rings. The number of piperidine rings is 1. The number of nitrogens with zero attached hydrogens (tertiary/aromatic N) is 4. The van der Waals surface area contributed by atoms with E-state index in [0.717, 1.165) is 31.6 Å². The average molecular weight is 442 g/mol. The van der Waals surface area contributed by atoms with E-state index in [1.54, 1.807) is 18.2 Å². The van der Waals surface area contributed by atoms with Crippen LogP contribution in [-0.4, -0.2) is 53.0 Å². The molecule has 3 heterocycles. The molecule has 7 heteroatoms. The van der Waals surface area contributed by atoms with Crippen LogP contribution in [0.3, 0.4) is 0 Å². The summed E-state index contributed by atoms with van der Waals surface area (Å²) in [6, 6.07) is 9.61. The molecule has 2 aromatic rings. The van der Waals surface area contributed by atoms with Crippen LogP contribution in [0.25, 0.3) is 0 Å². The molecular formula is C24H32ClN5O. The van der Waals surface area contributed by atoms with E-state index in [-0.39, 0.29) is 11.3 Å². The average Bonchev–Trinajstić information content (AvgIpc) is 3.28. The summed E-state index contributed by atoms with van der Waals surface area (Å²) >= 11 is 6.06. The van der Waals surface area contributed by atoms with Gasteiger partial charge in [0.25, 0.3) is 5.91 Å². The second-order valence-corrected chi connectivity index (χ2v) is 10.1. The molecule has 4 rings (SSSR count). The van der Waals surface area contributed by atoms with Gasteiger partial charge in [0.1, 0.15) is 5.69 Å². The minimum atomic E-state index is -0.247. The van der Waals surface area contributed by atoms with Crippen LogP contribution in [0, 0.1) is 0 Å². The highest BCUT2D eigenvalue weighted by molar-refractivity contribution is 6.30. The monoisotopic (exact) mass is 441 g/mol. The Labute approximate surface area is 190 Å². The van der Waals surface area contributed by atoms with Gasteiger partial charge in [-0.15, -0.1) is 0 Å². The van der Waals surface area contributed by atoms with Gasteiger partial charge in [-0.2, -0.15) is 0 Å². The summed E-state index contributed by atoms with van der Waals surface area (Å²) in [5, 5.41) is 3.49. The van der Waals surface area contributed by atoms with Gasteiger partial charge in [0.15, 0.2) is 0 Å². The Hall–Kier alpha value is -2.18. The van der Waals surface area contributed by atoms with Crippen molar-refractivity contribution in [1.82, 2.24) is 14.9 Å². The number of anilines is 2. The zero-order valence-electron chi connectivity index (χ0n) is 18.7. The zero-order valence-corrected chi connectivity index (χ0v) is 19.5. The normalized spacial score (nSPS) is 18.4. The summed E-state index contributed by atoms with van der Waals surface area (Å²) in [5.74, 6) is 0.409. The smallest absolute Gasteiger partial charge is 0.274 e. The first-order valence-corrected chi connectivity index (χ1v) is 11.6. The lowest BCUT2D eigenvalue weighted by molar-refractivity contribution is 0.102. The van der Waals surface area contributed by atoms with Crippen molar-refractivity contribution in [3.63, 3.8) is 0 Å². The van der Waals surface area contributed by atoms with Crippen LogP contribution in [0.15, 0.2) is 30.3 Å². The van der Waals surface area contributed by atoms with Crippen LogP contribution in [0.2, 0.25) is 5.02 Å². The summed E-state index contributed by atoms with van der Waals surface area (Å²) in [4.78, 5) is 27.4. The Morgan fingerprint density at radius 2 is 1.77 bits per heavy atom. The number of hydrogen-bond donors (Lipinski definition) is 1. The number of halogens is 1. The molecule has 2 aliphatic heterocycles. The molecule has 2 fully saturated rings. The molecule has 0 saturated carbocycles. The van der Waals surface area contributed by atoms with Gasteiger partial charge in [-0.25, -0.2) is 9.97 Å². The number of hydrogen-bond acceptors (Lipinski definition) is 5. The van der Waals surface area contributed by atoms with Crippen LogP contribution in [0.1, 0.15) is 62.6 Å². The SMILES string of the molecule is CC(C)(C)c1cc(C(=O)Nc2cccc(Cl)c2)nc(N2CCC(N3CCCC3)CC2)n1. The number of nitrogens with one attached hydrogen (secondary N) is 1. The molecule has 31 heavy (non-hydrogen) atoms. The van der Waals surface area contributed by atoms with Crippen molar-refractivity contribution < 1.29 is 4.79 Å². The third-order valence-corrected chi connectivity index (χ3v) is 6.44. The van der Waals surface area contributed by atoms with E-state index in [0.29, 0.717) is 28.4 Å². The van der Waals surface area contributed by atoms with Crippen LogP contribution in [-0.2, 0) is 5.41 Å². The molecule has 6 nitrogen and oxygen atoms in total. The highest BCUT2D eigenvalue weighted by atomic mass is 35.5. The first-order chi connectivity index (χ1) is 14.8. The van der Waals surface area contributed by atoms with Gasteiger partial charge in [0.05, 0.1) is 5.69 Å². The predicted molar refractivity (Wildman–Crippen MR) is 126 cm³/mol. The summed E-state index contributed by atoms with van der Waals surface area (Å²) in [6.45, 7) is 10.6. The fourth-order valence-electron chi connectivity index (χ4n) is 4.38. The Morgan fingerprint density at radius 1 is 1.06 bits per heavy atom. The molecule has 0 radical (unpaired) electrons. The first kappa shape index (κ1) is 22.0. The summed E-state index contributed by atoms with van der Waals surface area (Å²) in [5.41, 5.74) is 1.73. The van der Waals surface area contributed by atoms with Gasteiger partial charge in [-0.1, -0.05) is 38.4 Å². The number of likely N-dealkylation sites (tertiary alicyclic amines) is 1. The van der Waals surface area contributed by atoms with Gasteiger partial charge in [0.2, 0.25) is 5.95 Å². The zero-order chi connectivity index (χ0) is 22.0. The van der Waals surface area contributed by atoms with Crippen LogP contribution < -0.4 is 10.2 Å². The van der Waals surface area contributed by atoms with Crippen molar-refractivity contribution in [3.8, 4) is 0 Å². The number of benzene rings is 1. The Morgan fingerprint density at radius 3 is 2.42 bits per heavy atom. The maximum absolute atomic E-state index is 13.0. The van der Waals surface area contributed by atoms with E-state index in [2.05, 4.69) is 40.9 Å². The number of rotatable bonds is 4. The quantitative estimate of drug-likeness (QED) is 0.742. The van der Waals surface area contributed by atoms with Gasteiger partial charge >= 0.3 is 0 Å². The second kappa shape index (κ2) is 9.13. The highest BCUT2D eigenvalue weighted by Gasteiger charge is 2.29. The number of amides is 1. The molecule has 1 aromatic carbocycles. The number of carbonyl (C=O) groups is 1. The minimum Gasteiger partial charge on any atom is -0.341 e. The lowest BCUT2D eigenvalue weighted by Crippen LogP contribution is -2.44. The highest BCUT2D eigenvalue weighted by Crippen LogP contribution is 2.27. The molecule has 0 spiro atoms. The van der Waals surface area contributed by atoms with Crippen molar-refractivity contribution in [2.45, 2.75) is 57.9 Å². The predicted octanol–water partition coefficient (Wildman–Crippen LogP) is 4.74. The summed E-state index contributed by atoms with van der Waals surface area (Å²) < 4.78 is 0.